The smallest absolute Gasteiger partial charge is 0.255 e. The zero-order valence-electron chi connectivity index (χ0n) is 12.7. The molecule has 1 amide bonds. The average molecular weight is 269 g/mol. The highest BCUT2D eigenvalue weighted by Gasteiger charge is 2.05. The molecule has 0 saturated carbocycles. The molecular formula is C18H23NO. The summed E-state index contributed by atoms with van der Waals surface area (Å²) in [4.78, 5) is 12.0. The van der Waals surface area contributed by atoms with E-state index < -0.39 is 0 Å². The molecule has 2 rings (SSSR count). The van der Waals surface area contributed by atoms with Crippen LogP contribution < -0.4 is 5.32 Å². The van der Waals surface area contributed by atoms with E-state index in [1.165, 1.54) is 11.1 Å². The summed E-state index contributed by atoms with van der Waals surface area (Å²) >= 11 is 0. The van der Waals surface area contributed by atoms with Crippen LogP contribution in [0.15, 0.2) is 48.5 Å². The maximum absolute atomic E-state index is 12.0. The van der Waals surface area contributed by atoms with Crippen molar-refractivity contribution in [1.82, 2.24) is 0 Å². The number of rotatable bonds is 3. The van der Waals surface area contributed by atoms with Gasteiger partial charge in [0.15, 0.2) is 0 Å². The summed E-state index contributed by atoms with van der Waals surface area (Å²) in [5.41, 5.74) is 3.93. The van der Waals surface area contributed by atoms with Gasteiger partial charge >= 0.3 is 0 Å². The van der Waals surface area contributed by atoms with Gasteiger partial charge in [0.2, 0.25) is 0 Å². The zero-order valence-corrected chi connectivity index (χ0v) is 12.7. The quantitative estimate of drug-likeness (QED) is 0.849. The first kappa shape index (κ1) is 16.0. The van der Waals surface area contributed by atoms with E-state index in [4.69, 9.17) is 0 Å². The number of benzene rings is 2. The van der Waals surface area contributed by atoms with Gasteiger partial charge in [-0.05, 0) is 43.2 Å². The summed E-state index contributed by atoms with van der Waals surface area (Å²) in [6, 6.07) is 15.5. The number of hydrogen-bond acceptors (Lipinski definition) is 1. The molecule has 2 aromatic carbocycles. The molecule has 1 N–H and O–H groups in total. The van der Waals surface area contributed by atoms with E-state index in [0.717, 1.165) is 12.1 Å². The monoisotopic (exact) mass is 269 g/mol. The molecule has 0 spiro atoms. The van der Waals surface area contributed by atoms with Gasteiger partial charge in [-0.1, -0.05) is 50.6 Å². The molecule has 0 bridgehead atoms. The molecule has 0 aliphatic rings. The lowest BCUT2D eigenvalue weighted by Gasteiger charge is -2.06. The van der Waals surface area contributed by atoms with Gasteiger partial charge in [-0.2, -0.15) is 0 Å². The fraction of sp³-hybridized carbons (Fsp3) is 0.278. The summed E-state index contributed by atoms with van der Waals surface area (Å²) in [5.74, 6) is -0.0680. The van der Waals surface area contributed by atoms with Gasteiger partial charge in [0.1, 0.15) is 0 Å². The molecule has 2 aromatic rings. The molecule has 0 aromatic heterocycles. The van der Waals surface area contributed by atoms with Gasteiger partial charge in [0.25, 0.3) is 5.91 Å². The van der Waals surface area contributed by atoms with Crippen molar-refractivity contribution in [2.24, 2.45) is 0 Å². The third-order valence-electron chi connectivity index (χ3n) is 2.93. The SMILES string of the molecule is CC.CCc1ccc(C(=O)Nc2ccc(C)cc2)cc1. The Labute approximate surface area is 121 Å². The second kappa shape index (κ2) is 8.16. The fourth-order valence-electron chi connectivity index (χ4n) is 1.73. The number of hydrogen-bond donors (Lipinski definition) is 1. The van der Waals surface area contributed by atoms with Crippen LogP contribution in [-0.2, 0) is 6.42 Å². The lowest BCUT2D eigenvalue weighted by atomic mass is 10.1. The van der Waals surface area contributed by atoms with Gasteiger partial charge in [-0.15, -0.1) is 0 Å². The van der Waals surface area contributed by atoms with E-state index in [1.807, 2.05) is 69.3 Å². The minimum atomic E-state index is -0.0680. The van der Waals surface area contributed by atoms with E-state index in [-0.39, 0.29) is 5.91 Å². The fourth-order valence-corrected chi connectivity index (χ4v) is 1.73. The van der Waals surface area contributed by atoms with E-state index in [0.29, 0.717) is 5.56 Å². The lowest BCUT2D eigenvalue weighted by Crippen LogP contribution is -2.11. The zero-order chi connectivity index (χ0) is 15.0. The van der Waals surface area contributed by atoms with Gasteiger partial charge in [-0.25, -0.2) is 0 Å². The highest BCUT2D eigenvalue weighted by molar-refractivity contribution is 6.04. The van der Waals surface area contributed by atoms with Crippen molar-refractivity contribution in [1.29, 1.82) is 0 Å². The molecule has 2 heteroatoms. The van der Waals surface area contributed by atoms with Crippen LogP contribution in [-0.4, -0.2) is 5.91 Å². The minimum Gasteiger partial charge on any atom is -0.322 e. The van der Waals surface area contributed by atoms with Crippen LogP contribution in [0.4, 0.5) is 5.69 Å². The Morgan fingerprint density at radius 3 is 2.00 bits per heavy atom. The van der Waals surface area contributed by atoms with Gasteiger partial charge in [0, 0.05) is 11.3 Å². The Morgan fingerprint density at radius 2 is 1.50 bits per heavy atom. The molecule has 0 saturated heterocycles. The van der Waals surface area contributed by atoms with E-state index >= 15 is 0 Å². The second-order valence-electron chi connectivity index (χ2n) is 4.37. The normalized spacial score (nSPS) is 9.40. The Kier molecular flexibility index (Phi) is 6.51. The van der Waals surface area contributed by atoms with Crippen LogP contribution in [0.3, 0.4) is 0 Å². The molecule has 0 heterocycles. The third-order valence-corrected chi connectivity index (χ3v) is 2.93. The third kappa shape index (κ3) is 4.54. The van der Waals surface area contributed by atoms with Crippen molar-refractivity contribution < 1.29 is 4.79 Å². The summed E-state index contributed by atoms with van der Waals surface area (Å²) in [7, 11) is 0. The second-order valence-corrected chi connectivity index (χ2v) is 4.37. The largest absolute Gasteiger partial charge is 0.322 e. The minimum absolute atomic E-state index is 0.0680. The highest BCUT2D eigenvalue weighted by Crippen LogP contribution is 2.11. The maximum Gasteiger partial charge on any atom is 0.255 e. The molecule has 0 atom stereocenters. The molecule has 0 unspecified atom stereocenters. The topological polar surface area (TPSA) is 29.1 Å². The van der Waals surface area contributed by atoms with Crippen LogP contribution >= 0.6 is 0 Å². The predicted octanol–water partition coefficient (Wildman–Crippen LogP) is 4.84. The van der Waals surface area contributed by atoms with Crippen molar-refractivity contribution in [3.8, 4) is 0 Å². The number of nitrogens with one attached hydrogen (secondary N) is 1. The summed E-state index contributed by atoms with van der Waals surface area (Å²) < 4.78 is 0. The van der Waals surface area contributed by atoms with E-state index in [2.05, 4.69) is 12.2 Å². The molecular weight excluding hydrogens is 246 g/mol. The van der Waals surface area contributed by atoms with Crippen molar-refractivity contribution in [2.45, 2.75) is 34.1 Å². The van der Waals surface area contributed by atoms with Crippen molar-refractivity contribution in [2.75, 3.05) is 5.32 Å². The first-order chi connectivity index (χ1) is 9.69. The summed E-state index contributed by atoms with van der Waals surface area (Å²) in [6.07, 6.45) is 0.986. The van der Waals surface area contributed by atoms with Crippen LogP contribution in [0.2, 0.25) is 0 Å². The first-order valence-corrected chi connectivity index (χ1v) is 7.16. The number of amides is 1. The molecule has 0 aliphatic carbocycles. The Morgan fingerprint density at radius 1 is 0.950 bits per heavy atom. The number of aryl methyl sites for hydroxylation is 2. The molecule has 20 heavy (non-hydrogen) atoms. The van der Waals surface area contributed by atoms with E-state index in [9.17, 15) is 4.79 Å². The van der Waals surface area contributed by atoms with Crippen LogP contribution in [0, 0.1) is 6.92 Å². The molecule has 2 nitrogen and oxygen atoms in total. The maximum atomic E-state index is 12.0. The lowest BCUT2D eigenvalue weighted by molar-refractivity contribution is 0.102. The molecule has 0 radical (unpaired) electrons. The van der Waals surface area contributed by atoms with Gasteiger partial charge in [0.05, 0.1) is 0 Å². The Balaban J connectivity index is 0.000000956. The summed E-state index contributed by atoms with van der Waals surface area (Å²) in [6.45, 7) is 8.12. The van der Waals surface area contributed by atoms with Crippen molar-refractivity contribution in [3.05, 3.63) is 65.2 Å². The Hall–Kier alpha value is -2.09. The van der Waals surface area contributed by atoms with Gasteiger partial charge < -0.3 is 5.32 Å². The van der Waals surface area contributed by atoms with Crippen molar-refractivity contribution in [3.63, 3.8) is 0 Å². The summed E-state index contributed by atoms with van der Waals surface area (Å²) in [5, 5.41) is 2.88. The molecule has 0 fully saturated rings. The van der Waals surface area contributed by atoms with Crippen LogP contribution in [0.5, 0.6) is 0 Å². The van der Waals surface area contributed by atoms with E-state index in [1.54, 1.807) is 0 Å². The standard InChI is InChI=1S/C16H17NO.C2H6/c1-3-13-6-8-14(9-7-13)16(18)17-15-10-4-12(2)5-11-15;1-2/h4-11H,3H2,1-2H3,(H,17,18);1-2H3. The van der Waals surface area contributed by atoms with Crippen LogP contribution in [0.25, 0.3) is 0 Å². The molecule has 106 valence electrons. The average Bonchev–Trinajstić information content (AvgIpc) is 2.51. The van der Waals surface area contributed by atoms with Crippen molar-refractivity contribution >= 4 is 11.6 Å². The number of carbonyl (C=O) groups excluding carboxylic acids is 1. The predicted molar refractivity (Wildman–Crippen MR) is 86.3 cm³/mol. The highest BCUT2D eigenvalue weighted by atomic mass is 16.1. The number of anilines is 1. The number of carbonyl (C=O) groups is 1. The Bertz CT molecular complexity index is 526. The van der Waals surface area contributed by atoms with Crippen LogP contribution in [0.1, 0.15) is 42.3 Å². The molecule has 0 aliphatic heterocycles. The first-order valence-electron chi connectivity index (χ1n) is 7.16. The van der Waals surface area contributed by atoms with Gasteiger partial charge in [-0.3, -0.25) is 4.79 Å².